The number of rotatable bonds is 31. The first-order valence-electron chi connectivity index (χ1n) is 33.9. The van der Waals surface area contributed by atoms with Crippen LogP contribution in [0.4, 0.5) is 56.0 Å². The Morgan fingerprint density at radius 1 is 0.308 bits per heavy atom. The SMILES string of the molecule is CCCOC(=O)c1ccccc1NC(=O)c1cc(NC(=O)c2cc(N=Nc3ccccc3NC(=O)OCc3ccccc3)cc(C(=O)Nc3cc(C(=O)Nc4ccccc4C(=O)OCCC)c(OC)c(C(=O)Nc4ccccc4C(=O)OCCC)c3)c2)cc(C(=O)Nc2ccccc2C(=O)OCCC)c1OC. The van der Waals surface area contributed by atoms with Crippen molar-refractivity contribution in [3.8, 4) is 11.5 Å². The van der Waals surface area contributed by atoms with E-state index >= 15 is 9.59 Å². The van der Waals surface area contributed by atoms with E-state index in [4.69, 9.17) is 33.2 Å². The van der Waals surface area contributed by atoms with E-state index in [0.29, 0.717) is 31.2 Å². The maximum atomic E-state index is 15.2. The summed E-state index contributed by atoms with van der Waals surface area (Å²) in [6.07, 6.45) is 1.17. The summed E-state index contributed by atoms with van der Waals surface area (Å²) in [6, 6.07) is 47.6. The lowest BCUT2D eigenvalue weighted by Gasteiger charge is -2.18. The van der Waals surface area contributed by atoms with Gasteiger partial charge in [-0.1, -0.05) is 119 Å². The summed E-state index contributed by atoms with van der Waals surface area (Å²) < 4.78 is 38.6. The molecule has 0 aromatic heterocycles. The highest BCUT2D eigenvalue weighted by Gasteiger charge is 2.29. The third-order valence-electron chi connectivity index (χ3n) is 15.5. The average Bonchev–Trinajstić information content (AvgIpc) is 0.764. The minimum Gasteiger partial charge on any atom is -0.495 e. The van der Waals surface area contributed by atoms with Gasteiger partial charge >= 0.3 is 30.0 Å². The minimum absolute atomic E-state index is 0.00625. The smallest absolute Gasteiger partial charge is 0.412 e. The van der Waals surface area contributed by atoms with Gasteiger partial charge in [0.15, 0.2) is 0 Å². The normalized spacial score (nSPS) is 10.7. The number of amides is 7. The van der Waals surface area contributed by atoms with Gasteiger partial charge in [0, 0.05) is 22.5 Å². The fourth-order valence-corrected chi connectivity index (χ4v) is 10.4. The van der Waals surface area contributed by atoms with E-state index in [0.717, 1.165) is 6.07 Å². The molecule has 0 aliphatic heterocycles. The molecule has 0 atom stereocenters. The summed E-state index contributed by atoms with van der Waals surface area (Å²) >= 11 is 0. The quantitative estimate of drug-likeness (QED) is 0.0121. The molecule has 27 nitrogen and oxygen atoms in total. The molecule has 7 amide bonds. The zero-order valence-electron chi connectivity index (χ0n) is 59.1. The number of esters is 4. The number of hydrogen-bond acceptors (Lipinski definition) is 20. The van der Waals surface area contributed by atoms with Crippen molar-refractivity contribution in [2.24, 2.45) is 10.2 Å². The topological polar surface area (TPSA) is 361 Å². The second kappa shape index (κ2) is 37.9. The second-order valence-corrected chi connectivity index (χ2v) is 23.3. The summed E-state index contributed by atoms with van der Waals surface area (Å²) in [5, 5.41) is 27.7. The van der Waals surface area contributed by atoms with Crippen LogP contribution in [0.5, 0.6) is 11.5 Å². The molecule has 0 radical (unpaired) electrons. The van der Waals surface area contributed by atoms with Crippen LogP contribution in [0, 0.1) is 0 Å². The lowest BCUT2D eigenvalue weighted by Crippen LogP contribution is -2.22. The molecule has 0 saturated carbocycles. The van der Waals surface area contributed by atoms with Crippen molar-refractivity contribution in [1.82, 2.24) is 0 Å². The molecule has 27 heteroatoms. The molecule has 0 aliphatic carbocycles. The van der Waals surface area contributed by atoms with Crippen molar-refractivity contribution >= 4 is 117 Å². The molecule has 0 bridgehead atoms. The van der Waals surface area contributed by atoms with Gasteiger partial charge in [0.05, 0.1) is 119 Å². The van der Waals surface area contributed by atoms with Crippen molar-refractivity contribution in [3.05, 3.63) is 255 Å². The standard InChI is InChI=1S/C80H75N9O18/c1-7-36-103-76(96)54-26-14-18-30-62(54)83-72(92)58-43-51(44-59(68(58)101-5)73(93)84-63-31-19-15-27-55(63)77(97)104-37-8-2)81-70(90)49-40-50(42-53(41-49)88-89-67-35-23-22-34-66(67)87-80(100)107-47-48-24-12-11-13-25-48)71(91)82-52-45-60(74(94)85-64-32-20-16-28-56(64)78(98)105-38-9-3)69(102-6)61(46-52)75(95)86-65-33-21-17-29-57(65)79(99)106-39-10-4/h11-35,40-46H,7-10,36-39,47H2,1-6H3,(H,81,90)(H,82,91)(H,83,92)(H,84,93)(H,85,94)(H,86,95)(H,87,100). The van der Waals surface area contributed by atoms with Crippen LogP contribution in [0.2, 0.25) is 0 Å². The van der Waals surface area contributed by atoms with E-state index in [1.807, 2.05) is 6.07 Å². The largest absolute Gasteiger partial charge is 0.495 e. The van der Waals surface area contributed by atoms with E-state index in [9.17, 15) is 43.2 Å². The molecule has 9 rings (SSSR count). The Bertz CT molecular complexity index is 4430. The van der Waals surface area contributed by atoms with Crippen molar-refractivity contribution in [2.45, 2.75) is 60.0 Å². The van der Waals surface area contributed by atoms with Gasteiger partial charge in [-0.2, -0.15) is 5.11 Å². The molecular weight excluding hydrogens is 1370 g/mol. The van der Waals surface area contributed by atoms with Crippen molar-refractivity contribution in [1.29, 1.82) is 0 Å². The fraction of sp³-hybridized carbons (Fsp3) is 0.188. The fourth-order valence-electron chi connectivity index (χ4n) is 10.4. The van der Waals surface area contributed by atoms with Gasteiger partial charge in [0.2, 0.25) is 0 Å². The molecular formula is C80H75N9O18. The van der Waals surface area contributed by atoms with E-state index in [2.05, 4.69) is 47.4 Å². The van der Waals surface area contributed by atoms with Crippen LogP contribution in [-0.2, 0) is 30.3 Å². The van der Waals surface area contributed by atoms with Crippen LogP contribution in [-0.4, -0.2) is 106 Å². The number of benzene rings is 9. The molecule has 0 fully saturated rings. The second-order valence-electron chi connectivity index (χ2n) is 23.3. The Hall–Kier alpha value is -13.9. The molecule has 0 heterocycles. The monoisotopic (exact) mass is 1450 g/mol. The first-order chi connectivity index (χ1) is 51.8. The molecule has 107 heavy (non-hydrogen) atoms. The van der Waals surface area contributed by atoms with Crippen molar-refractivity contribution < 1.29 is 85.9 Å². The number of anilines is 7. The van der Waals surface area contributed by atoms with Gasteiger partial charge in [0.1, 0.15) is 23.8 Å². The molecule has 0 saturated heterocycles. The summed E-state index contributed by atoms with van der Waals surface area (Å²) in [5.74, 6) is -9.43. The number of azo groups is 1. The number of hydrogen-bond donors (Lipinski definition) is 7. The lowest BCUT2D eigenvalue weighted by atomic mass is 10.0. The lowest BCUT2D eigenvalue weighted by molar-refractivity contribution is 0.0497. The van der Waals surface area contributed by atoms with E-state index < -0.39 is 65.4 Å². The van der Waals surface area contributed by atoms with E-state index in [-0.39, 0.29) is 151 Å². The van der Waals surface area contributed by atoms with Gasteiger partial charge < -0.3 is 65.1 Å². The van der Waals surface area contributed by atoms with Crippen LogP contribution >= 0.6 is 0 Å². The van der Waals surface area contributed by atoms with E-state index in [1.54, 1.807) is 113 Å². The summed E-state index contributed by atoms with van der Waals surface area (Å²) in [6.45, 7) is 7.47. The maximum absolute atomic E-state index is 15.2. The Labute approximate surface area is 614 Å². The van der Waals surface area contributed by atoms with Crippen LogP contribution in [0.1, 0.15) is 163 Å². The third kappa shape index (κ3) is 20.5. The molecule has 9 aromatic rings. The Kier molecular flexibility index (Phi) is 27.4. The zero-order valence-corrected chi connectivity index (χ0v) is 59.1. The van der Waals surface area contributed by atoms with Gasteiger partial charge in [-0.15, -0.1) is 5.11 Å². The van der Waals surface area contributed by atoms with Crippen LogP contribution in [0.15, 0.2) is 204 Å². The highest BCUT2D eigenvalue weighted by Crippen LogP contribution is 2.36. The van der Waals surface area contributed by atoms with Crippen LogP contribution in [0.25, 0.3) is 0 Å². The maximum Gasteiger partial charge on any atom is 0.412 e. The van der Waals surface area contributed by atoms with Gasteiger partial charge in [-0.25, -0.2) is 24.0 Å². The highest BCUT2D eigenvalue weighted by atomic mass is 16.6. The minimum atomic E-state index is -1.00. The third-order valence-corrected chi connectivity index (χ3v) is 15.5. The molecule has 0 aliphatic rings. The number of carbonyl (C=O) groups excluding carboxylic acids is 11. The Morgan fingerprint density at radius 3 is 0.963 bits per heavy atom. The average molecular weight is 1450 g/mol. The predicted molar refractivity (Wildman–Crippen MR) is 399 cm³/mol. The zero-order chi connectivity index (χ0) is 76.4. The number of methoxy groups -OCH3 is 2. The van der Waals surface area contributed by atoms with Gasteiger partial charge in [-0.05, 0) is 134 Å². The number of ether oxygens (including phenoxy) is 7. The first kappa shape index (κ1) is 77.3. The summed E-state index contributed by atoms with van der Waals surface area (Å²) in [5.41, 5.74) is -1.83. The molecule has 0 spiro atoms. The Balaban J connectivity index is 1.15. The van der Waals surface area contributed by atoms with Gasteiger partial charge in [0.25, 0.3) is 35.4 Å². The van der Waals surface area contributed by atoms with E-state index in [1.165, 1.54) is 111 Å². The number of carbonyl (C=O) groups is 11. The molecule has 9 aromatic carbocycles. The number of para-hydroxylation sites is 5. The predicted octanol–water partition coefficient (Wildman–Crippen LogP) is 15.6. The van der Waals surface area contributed by atoms with Crippen LogP contribution < -0.4 is 46.7 Å². The van der Waals surface area contributed by atoms with Crippen LogP contribution in [0.3, 0.4) is 0 Å². The Morgan fingerprint density at radius 2 is 0.626 bits per heavy atom. The molecule has 548 valence electrons. The van der Waals surface area contributed by atoms with Gasteiger partial charge in [-0.3, -0.25) is 34.1 Å². The summed E-state index contributed by atoms with van der Waals surface area (Å²) in [7, 11) is 2.37. The number of nitrogens with one attached hydrogen (secondary N) is 7. The van der Waals surface area contributed by atoms with Crippen molar-refractivity contribution in [3.63, 3.8) is 0 Å². The summed E-state index contributed by atoms with van der Waals surface area (Å²) in [4.78, 5) is 156. The molecule has 0 unspecified atom stereocenters. The highest BCUT2D eigenvalue weighted by molar-refractivity contribution is 6.19. The first-order valence-corrected chi connectivity index (χ1v) is 33.9. The number of nitrogens with zero attached hydrogens (tertiary/aromatic N) is 2. The molecule has 7 N–H and O–H groups in total. The van der Waals surface area contributed by atoms with Crippen molar-refractivity contribution in [2.75, 3.05) is 77.9 Å².